The van der Waals surface area contributed by atoms with Crippen LogP contribution in [0, 0.1) is 17.7 Å². The van der Waals surface area contributed by atoms with Gasteiger partial charge in [-0.3, -0.25) is 0 Å². The Balaban J connectivity index is 0.000000252. The average molecular weight is 427 g/mol. The highest BCUT2D eigenvalue weighted by Crippen LogP contribution is 2.40. The molecule has 1 saturated carbocycles. The second kappa shape index (κ2) is 9.28. The largest absolute Gasteiger partial charge is 0.416 e. The lowest BCUT2D eigenvalue weighted by atomic mass is 9.75. The van der Waals surface area contributed by atoms with Crippen LogP contribution in [-0.2, 0) is 6.18 Å². The Morgan fingerprint density at radius 1 is 0.931 bits per heavy atom. The number of nitrogens with two attached hydrogens (primary N) is 1. The molecule has 2 nitrogen and oxygen atoms in total. The molecule has 2 N–H and O–H groups in total. The van der Waals surface area contributed by atoms with Crippen molar-refractivity contribution in [1.29, 1.82) is 0 Å². The molecule has 7 heteroatoms. The average Bonchev–Trinajstić information content (AvgIpc) is 2.69. The van der Waals surface area contributed by atoms with E-state index in [-0.39, 0.29) is 11.5 Å². The standard InChI is InChI=1S/C16H21F3N2.C6H5FS/c17-16(18,19)13-5-6-15(14(20)9-13)21-8-7-11-3-1-2-4-12(11)10-21;7-5-1-3-6(8)4-2-5/h5-6,9,11-12H,1-4,7-8,10,20H2;1-4,8H. The van der Waals surface area contributed by atoms with Crippen LogP contribution in [0.2, 0.25) is 0 Å². The van der Waals surface area contributed by atoms with Gasteiger partial charge < -0.3 is 10.6 Å². The van der Waals surface area contributed by atoms with Crippen molar-refractivity contribution in [2.24, 2.45) is 11.8 Å². The molecule has 2 fully saturated rings. The van der Waals surface area contributed by atoms with Gasteiger partial charge in [0.1, 0.15) is 5.82 Å². The Labute approximate surface area is 174 Å². The van der Waals surface area contributed by atoms with Crippen molar-refractivity contribution in [1.82, 2.24) is 0 Å². The van der Waals surface area contributed by atoms with Crippen LogP contribution in [0.3, 0.4) is 0 Å². The van der Waals surface area contributed by atoms with Crippen molar-refractivity contribution in [3.8, 4) is 0 Å². The van der Waals surface area contributed by atoms with Gasteiger partial charge in [0.05, 0.1) is 16.9 Å². The van der Waals surface area contributed by atoms with Gasteiger partial charge in [0, 0.05) is 18.0 Å². The van der Waals surface area contributed by atoms with Crippen LogP contribution >= 0.6 is 12.6 Å². The molecule has 1 aliphatic carbocycles. The topological polar surface area (TPSA) is 29.3 Å². The van der Waals surface area contributed by atoms with Gasteiger partial charge in [-0.25, -0.2) is 4.39 Å². The van der Waals surface area contributed by atoms with Gasteiger partial charge in [-0.2, -0.15) is 13.2 Å². The fraction of sp³-hybridized carbons (Fsp3) is 0.455. The van der Waals surface area contributed by atoms with Crippen LogP contribution < -0.4 is 10.6 Å². The summed E-state index contributed by atoms with van der Waals surface area (Å²) in [6.07, 6.45) is 1.94. The zero-order chi connectivity index (χ0) is 21.0. The van der Waals surface area contributed by atoms with Crippen LogP contribution in [0.1, 0.15) is 37.7 Å². The Bertz CT molecular complexity index is 786. The molecular formula is C22H26F4N2S. The zero-order valence-electron chi connectivity index (χ0n) is 16.1. The SMILES string of the molecule is Fc1ccc(S)cc1.Nc1cc(C(F)(F)F)ccc1N1CCC2CCCCC2C1. The van der Waals surface area contributed by atoms with Crippen molar-refractivity contribution in [3.63, 3.8) is 0 Å². The summed E-state index contributed by atoms with van der Waals surface area (Å²) in [7, 11) is 0. The molecular weight excluding hydrogens is 400 g/mol. The van der Waals surface area contributed by atoms with E-state index in [1.807, 2.05) is 0 Å². The van der Waals surface area contributed by atoms with Crippen molar-refractivity contribution in [3.05, 3.63) is 53.8 Å². The first-order valence-electron chi connectivity index (χ1n) is 9.90. The summed E-state index contributed by atoms with van der Waals surface area (Å²) in [5.74, 6) is 1.25. The molecule has 2 aromatic carbocycles. The number of nitrogen functional groups attached to an aromatic ring is 1. The number of benzene rings is 2. The molecule has 2 aromatic rings. The van der Waals surface area contributed by atoms with E-state index in [0.29, 0.717) is 5.92 Å². The first-order valence-corrected chi connectivity index (χ1v) is 10.3. The summed E-state index contributed by atoms with van der Waals surface area (Å²) in [5, 5.41) is 0. The Morgan fingerprint density at radius 2 is 1.59 bits per heavy atom. The predicted octanol–water partition coefficient (Wildman–Crippen LogP) is 6.42. The summed E-state index contributed by atoms with van der Waals surface area (Å²) >= 11 is 3.97. The van der Waals surface area contributed by atoms with Crippen molar-refractivity contribution in [2.75, 3.05) is 23.7 Å². The maximum Gasteiger partial charge on any atom is 0.416 e. The third-order valence-electron chi connectivity index (χ3n) is 5.81. The molecule has 1 aliphatic heterocycles. The van der Waals surface area contributed by atoms with Gasteiger partial charge in [0.15, 0.2) is 0 Å². The van der Waals surface area contributed by atoms with E-state index in [1.165, 1.54) is 43.9 Å². The van der Waals surface area contributed by atoms with E-state index in [1.54, 1.807) is 12.1 Å². The summed E-state index contributed by atoms with van der Waals surface area (Å²) in [4.78, 5) is 2.95. The number of thiol groups is 1. The van der Waals surface area contributed by atoms with Crippen molar-refractivity contribution >= 4 is 24.0 Å². The predicted molar refractivity (Wildman–Crippen MR) is 112 cm³/mol. The second-order valence-electron chi connectivity index (χ2n) is 7.79. The highest BCUT2D eigenvalue weighted by molar-refractivity contribution is 7.80. The number of hydrogen-bond donors (Lipinski definition) is 2. The van der Waals surface area contributed by atoms with Crippen LogP contribution in [0.4, 0.5) is 28.9 Å². The summed E-state index contributed by atoms with van der Waals surface area (Å²) in [6.45, 7) is 1.83. The fourth-order valence-electron chi connectivity index (χ4n) is 4.28. The maximum absolute atomic E-state index is 12.7. The van der Waals surface area contributed by atoms with E-state index in [9.17, 15) is 17.6 Å². The zero-order valence-corrected chi connectivity index (χ0v) is 17.0. The van der Waals surface area contributed by atoms with Crippen LogP contribution in [0.15, 0.2) is 47.4 Å². The molecule has 1 heterocycles. The molecule has 0 spiro atoms. The number of halogens is 4. The number of fused-ring (bicyclic) bond motifs is 1. The van der Waals surface area contributed by atoms with E-state index < -0.39 is 11.7 Å². The lowest BCUT2D eigenvalue weighted by Gasteiger charge is -2.42. The Morgan fingerprint density at radius 3 is 2.17 bits per heavy atom. The first kappa shape index (κ1) is 21.8. The highest BCUT2D eigenvalue weighted by Gasteiger charge is 2.33. The molecule has 158 valence electrons. The lowest BCUT2D eigenvalue weighted by molar-refractivity contribution is -0.137. The summed E-state index contributed by atoms with van der Waals surface area (Å²) < 4.78 is 50.1. The minimum absolute atomic E-state index is 0.220. The Hall–Kier alpha value is -1.89. The number of anilines is 2. The van der Waals surface area contributed by atoms with Crippen molar-refractivity contribution < 1.29 is 17.6 Å². The number of hydrogen-bond acceptors (Lipinski definition) is 3. The molecule has 0 bridgehead atoms. The van der Waals surface area contributed by atoms with Gasteiger partial charge in [0.25, 0.3) is 0 Å². The molecule has 4 rings (SSSR count). The van der Waals surface area contributed by atoms with Gasteiger partial charge in [0.2, 0.25) is 0 Å². The van der Waals surface area contributed by atoms with Gasteiger partial charge >= 0.3 is 6.18 Å². The van der Waals surface area contributed by atoms with E-state index in [4.69, 9.17) is 5.73 Å². The molecule has 29 heavy (non-hydrogen) atoms. The normalized spacial score (nSPS) is 21.8. The molecule has 1 saturated heterocycles. The molecule has 2 atom stereocenters. The second-order valence-corrected chi connectivity index (χ2v) is 8.30. The summed E-state index contributed by atoms with van der Waals surface area (Å²) in [6, 6.07) is 9.70. The highest BCUT2D eigenvalue weighted by atomic mass is 32.1. The monoisotopic (exact) mass is 426 g/mol. The smallest absolute Gasteiger partial charge is 0.397 e. The molecule has 0 aromatic heterocycles. The lowest BCUT2D eigenvalue weighted by Crippen LogP contribution is -2.42. The maximum atomic E-state index is 12.7. The molecule has 2 unspecified atom stereocenters. The van der Waals surface area contributed by atoms with Crippen LogP contribution in [-0.4, -0.2) is 13.1 Å². The van der Waals surface area contributed by atoms with Crippen molar-refractivity contribution in [2.45, 2.75) is 43.2 Å². The minimum atomic E-state index is -4.33. The third-order valence-corrected chi connectivity index (χ3v) is 6.11. The number of alkyl halides is 3. The van der Waals surface area contributed by atoms with E-state index in [2.05, 4.69) is 17.5 Å². The van der Waals surface area contributed by atoms with E-state index >= 15 is 0 Å². The number of rotatable bonds is 1. The first-order chi connectivity index (χ1) is 13.7. The molecule has 0 radical (unpaired) electrons. The number of piperidine rings is 1. The Kier molecular flexibility index (Phi) is 6.98. The fourth-order valence-corrected chi connectivity index (χ4v) is 4.43. The summed E-state index contributed by atoms with van der Waals surface area (Å²) in [5.41, 5.74) is 6.20. The van der Waals surface area contributed by atoms with Gasteiger partial charge in [-0.15, -0.1) is 12.6 Å². The minimum Gasteiger partial charge on any atom is -0.397 e. The van der Waals surface area contributed by atoms with Gasteiger partial charge in [-0.1, -0.05) is 19.3 Å². The quantitative estimate of drug-likeness (QED) is 0.313. The van der Waals surface area contributed by atoms with Crippen LogP contribution in [0.25, 0.3) is 0 Å². The molecule has 2 aliphatic rings. The molecule has 0 amide bonds. The third kappa shape index (κ3) is 5.81. The van der Waals surface area contributed by atoms with E-state index in [0.717, 1.165) is 48.1 Å². The van der Waals surface area contributed by atoms with Crippen LogP contribution in [0.5, 0.6) is 0 Å². The number of nitrogens with zero attached hydrogens (tertiary/aromatic N) is 1. The van der Waals surface area contributed by atoms with Gasteiger partial charge in [-0.05, 0) is 67.1 Å².